The van der Waals surface area contributed by atoms with Crippen LogP contribution >= 0.6 is 23.2 Å². The first kappa shape index (κ1) is 31.9. The third-order valence-corrected chi connectivity index (χ3v) is 11.8. The van der Waals surface area contributed by atoms with Gasteiger partial charge in [0.2, 0.25) is 10.0 Å². The molecule has 1 heterocycles. The summed E-state index contributed by atoms with van der Waals surface area (Å²) in [5.74, 6) is -2.42. The normalized spacial score (nSPS) is 25.2. The van der Waals surface area contributed by atoms with E-state index in [1.165, 1.54) is 25.1 Å². The molecule has 6 rings (SSSR count). The minimum Gasteiger partial charge on any atom is -0.481 e. The van der Waals surface area contributed by atoms with Gasteiger partial charge in [-0.25, -0.2) is 17.5 Å². The lowest BCUT2D eigenvalue weighted by Crippen LogP contribution is -2.62. The highest BCUT2D eigenvalue weighted by molar-refractivity contribution is 7.90. The summed E-state index contributed by atoms with van der Waals surface area (Å²) >= 11 is 12.6. The number of rotatable bonds is 11. The number of nitrogens with one attached hydrogen (secondary N) is 1. The third kappa shape index (κ3) is 6.11. The number of carbonyl (C=O) groups excluding carboxylic acids is 1. The summed E-state index contributed by atoms with van der Waals surface area (Å²) in [6.45, 7) is 1.32. The molecule has 3 fully saturated rings. The van der Waals surface area contributed by atoms with E-state index in [9.17, 15) is 27.5 Å². The smallest absolute Gasteiger partial charge is 0.306 e. The average Bonchev–Trinajstić information content (AvgIpc) is 3.91. The molecular formula is C33H33Cl2FN2O6S. The molecule has 3 aromatic carbocycles. The van der Waals surface area contributed by atoms with E-state index in [0.717, 1.165) is 12.8 Å². The molecule has 0 spiro atoms. The number of sulfonamides is 1. The molecule has 0 unspecified atom stereocenters. The number of hydrogen-bond acceptors (Lipinski definition) is 5. The van der Waals surface area contributed by atoms with Crippen LogP contribution in [0.2, 0.25) is 10.0 Å². The minimum absolute atomic E-state index is 0.0535. The average molecular weight is 676 g/mol. The Morgan fingerprint density at radius 3 is 2.33 bits per heavy atom. The van der Waals surface area contributed by atoms with Crippen molar-refractivity contribution < 1.29 is 32.2 Å². The first-order valence-corrected chi connectivity index (χ1v) is 17.1. The van der Waals surface area contributed by atoms with E-state index >= 15 is 0 Å². The van der Waals surface area contributed by atoms with Gasteiger partial charge < -0.3 is 14.7 Å². The fourth-order valence-electron chi connectivity index (χ4n) is 6.57. The second kappa shape index (κ2) is 12.0. The maximum absolute atomic E-state index is 14.8. The van der Waals surface area contributed by atoms with Gasteiger partial charge in [-0.1, -0.05) is 65.7 Å². The first-order chi connectivity index (χ1) is 21.3. The lowest BCUT2D eigenvalue weighted by Gasteiger charge is -2.51. The topological polar surface area (TPSA) is 113 Å². The van der Waals surface area contributed by atoms with Gasteiger partial charge in [0.05, 0.1) is 12.5 Å². The highest BCUT2D eigenvalue weighted by Crippen LogP contribution is 2.54. The van der Waals surface area contributed by atoms with Gasteiger partial charge in [0, 0.05) is 28.2 Å². The number of carboxylic acid groups (broad SMARTS) is 1. The molecule has 238 valence electrons. The van der Waals surface area contributed by atoms with Gasteiger partial charge >= 0.3 is 5.97 Å². The molecule has 0 radical (unpaired) electrons. The Morgan fingerprint density at radius 2 is 1.73 bits per heavy atom. The van der Waals surface area contributed by atoms with Crippen LogP contribution in [0.5, 0.6) is 0 Å². The number of amides is 1. The van der Waals surface area contributed by atoms with E-state index in [2.05, 4.69) is 4.72 Å². The van der Waals surface area contributed by atoms with E-state index in [4.69, 9.17) is 27.9 Å². The summed E-state index contributed by atoms with van der Waals surface area (Å²) in [7, 11) is -4.08. The summed E-state index contributed by atoms with van der Waals surface area (Å²) in [6, 6.07) is 18.4. The van der Waals surface area contributed by atoms with Crippen LogP contribution in [0.15, 0.2) is 72.8 Å². The Kier molecular flexibility index (Phi) is 8.50. The van der Waals surface area contributed by atoms with Gasteiger partial charge in [0.25, 0.3) is 5.91 Å². The number of aliphatic carboxylic acids is 1. The van der Waals surface area contributed by atoms with Crippen molar-refractivity contribution in [3.63, 3.8) is 0 Å². The van der Waals surface area contributed by atoms with Crippen molar-refractivity contribution in [2.45, 2.75) is 67.6 Å². The van der Waals surface area contributed by atoms with E-state index in [0.29, 0.717) is 21.2 Å². The van der Waals surface area contributed by atoms with Gasteiger partial charge in [-0.2, -0.15) is 0 Å². The standard InChI is InChI=1S/C33H33Cl2FN2O6S/c1-32(18-28(39)40)31(41)38(29(21-11-13-23(34)14-12-21)30(44-32)22-5-4-6-24(35)17-22)27(20-9-10-20)19-37-45(42,43)33(15-16-33)25-7-2-3-8-26(25)36/h2-8,11-14,17,20,27,29-30,37H,9-10,15-16,18-19H2,1H3,(H,39,40)/t27-,29-,30-,32+/m1/s1. The number of hydrogen-bond donors (Lipinski definition) is 2. The number of morpholine rings is 1. The van der Waals surface area contributed by atoms with Crippen LogP contribution < -0.4 is 4.72 Å². The predicted molar refractivity (Wildman–Crippen MR) is 168 cm³/mol. The highest BCUT2D eigenvalue weighted by atomic mass is 35.5. The van der Waals surface area contributed by atoms with E-state index in [1.807, 2.05) is 0 Å². The first-order valence-electron chi connectivity index (χ1n) is 14.8. The molecular weight excluding hydrogens is 642 g/mol. The van der Waals surface area contributed by atoms with Gasteiger partial charge in [-0.3, -0.25) is 9.59 Å². The van der Waals surface area contributed by atoms with E-state index < -0.39 is 62.7 Å². The maximum atomic E-state index is 14.8. The Bertz CT molecular complexity index is 1730. The fourth-order valence-corrected chi connectivity index (χ4v) is 8.65. The van der Waals surface area contributed by atoms with Crippen LogP contribution in [0.25, 0.3) is 0 Å². The summed E-state index contributed by atoms with van der Waals surface area (Å²) in [4.78, 5) is 28.2. The molecule has 1 amide bonds. The van der Waals surface area contributed by atoms with Crippen molar-refractivity contribution in [2.24, 2.45) is 5.92 Å². The fraction of sp³-hybridized carbons (Fsp3) is 0.394. The second-order valence-corrected chi connectivity index (χ2v) is 15.3. The monoisotopic (exact) mass is 674 g/mol. The van der Waals surface area contributed by atoms with Crippen molar-refractivity contribution >= 4 is 45.1 Å². The van der Waals surface area contributed by atoms with Crippen molar-refractivity contribution in [3.05, 3.63) is 105 Å². The predicted octanol–water partition coefficient (Wildman–Crippen LogP) is 6.39. The zero-order valence-corrected chi connectivity index (χ0v) is 26.8. The SMILES string of the molecule is C[C@@]1(CC(=O)O)O[C@H](c2cccc(Cl)c2)[C@@H](c2ccc(Cl)cc2)N([C@H](CNS(=O)(=O)C2(c3ccccc3F)CC2)C2CC2)C1=O. The van der Waals surface area contributed by atoms with Crippen LogP contribution in [0, 0.1) is 11.7 Å². The van der Waals surface area contributed by atoms with E-state index in [1.54, 1.807) is 59.5 Å². The molecule has 3 aromatic rings. The van der Waals surface area contributed by atoms with E-state index in [-0.39, 0.29) is 30.9 Å². The molecule has 1 aliphatic heterocycles. The summed E-state index contributed by atoms with van der Waals surface area (Å²) in [6.07, 6.45) is 0.592. The quantitative estimate of drug-likeness (QED) is 0.244. The van der Waals surface area contributed by atoms with Crippen LogP contribution in [0.4, 0.5) is 4.39 Å². The van der Waals surface area contributed by atoms with Gasteiger partial charge in [0.1, 0.15) is 16.7 Å². The van der Waals surface area contributed by atoms with Crippen LogP contribution in [-0.2, 0) is 29.1 Å². The van der Waals surface area contributed by atoms with Crippen LogP contribution in [-0.4, -0.2) is 48.5 Å². The lowest BCUT2D eigenvalue weighted by molar-refractivity contribution is -0.207. The Labute approximate surface area is 271 Å². The highest BCUT2D eigenvalue weighted by Gasteiger charge is 2.59. The number of ether oxygens (including phenoxy) is 1. The van der Waals surface area contributed by atoms with Gasteiger partial charge in [-0.15, -0.1) is 0 Å². The molecule has 0 bridgehead atoms. The number of benzene rings is 3. The molecule has 12 heteroatoms. The zero-order chi connectivity index (χ0) is 32.1. The van der Waals surface area contributed by atoms with Crippen molar-refractivity contribution in [1.29, 1.82) is 0 Å². The molecule has 2 N–H and O–H groups in total. The third-order valence-electron chi connectivity index (χ3n) is 9.13. The molecule has 2 aliphatic carbocycles. The summed E-state index contributed by atoms with van der Waals surface area (Å²) < 4.78 is 50.3. The molecule has 1 saturated heterocycles. The molecule has 2 saturated carbocycles. The minimum atomic E-state index is -4.08. The van der Waals surface area contributed by atoms with Crippen LogP contribution in [0.3, 0.4) is 0 Å². The lowest BCUT2D eigenvalue weighted by atomic mass is 9.85. The largest absolute Gasteiger partial charge is 0.481 e. The van der Waals surface area contributed by atoms with Crippen LogP contribution in [0.1, 0.15) is 67.9 Å². The van der Waals surface area contributed by atoms with Crippen molar-refractivity contribution in [3.8, 4) is 0 Å². The molecule has 0 aromatic heterocycles. The summed E-state index contributed by atoms with van der Waals surface area (Å²) in [5, 5.41) is 10.8. The second-order valence-electron chi connectivity index (χ2n) is 12.3. The van der Waals surface area contributed by atoms with Crippen molar-refractivity contribution in [2.75, 3.05) is 6.54 Å². The number of nitrogens with zero attached hydrogens (tertiary/aromatic N) is 1. The molecule has 3 aliphatic rings. The Morgan fingerprint density at radius 1 is 1.04 bits per heavy atom. The number of carbonyl (C=O) groups is 2. The zero-order valence-electron chi connectivity index (χ0n) is 24.5. The number of carboxylic acids is 1. The maximum Gasteiger partial charge on any atom is 0.306 e. The molecule has 45 heavy (non-hydrogen) atoms. The van der Waals surface area contributed by atoms with Gasteiger partial charge in [0.15, 0.2) is 5.60 Å². The van der Waals surface area contributed by atoms with Gasteiger partial charge in [-0.05, 0) is 80.0 Å². The Hall–Kier alpha value is -3.02. The summed E-state index contributed by atoms with van der Waals surface area (Å²) in [5.41, 5.74) is -0.340. The van der Waals surface area contributed by atoms with Crippen molar-refractivity contribution in [1.82, 2.24) is 9.62 Å². The molecule has 8 nitrogen and oxygen atoms in total. The number of halogens is 3. The molecule has 4 atom stereocenters. The Balaban J connectivity index is 1.43.